The van der Waals surface area contributed by atoms with E-state index in [1.165, 1.54) is 6.08 Å². The normalized spacial score (nSPS) is 9.08. The molecule has 0 radical (unpaired) electrons. The van der Waals surface area contributed by atoms with E-state index in [4.69, 9.17) is 0 Å². The molecule has 0 atom stereocenters. The van der Waals surface area contributed by atoms with Crippen LogP contribution >= 0.6 is 15.9 Å². The molecule has 0 saturated carbocycles. The molecule has 1 amide bonds. The number of carbonyl (C=O) groups excluding carboxylic acids is 1. The van der Waals surface area contributed by atoms with Crippen molar-refractivity contribution in [2.75, 3.05) is 5.32 Å². The van der Waals surface area contributed by atoms with Crippen molar-refractivity contribution < 1.29 is 4.79 Å². The van der Waals surface area contributed by atoms with Crippen LogP contribution < -0.4 is 5.32 Å². The summed E-state index contributed by atoms with van der Waals surface area (Å²) in [5.74, 6) is -0.247. The monoisotopic (exact) mass is 226 g/mol. The summed E-state index contributed by atoms with van der Waals surface area (Å²) in [5, 5.41) is 2.59. The van der Waals surface area contributed by atoms with Gasteiger partial charge in [0.25, 0.3) is 0 Å². The molecule has 1 aromatic rings. The van der Waals surface area contributed by atoms with E-state index < -0.39 is 0 Å². The minimum Gasteiger partial charge on any atom is -0.320 e. The Bertz CT molecular complexity index is 312. The second-order valence-corrected chi connectivity index (χ2v) is 2.79. The van der Waals surface area contributed by atoms with Crippen molar-refractivity contribution in [1.29, 1.82) is 0 Å². The van der Waals surface area contributed by atoms with Gasteiger partial charge in [0.2, 0.25) is 5.91 Å². The van der Waals surface area contributed by atoms with E-state index in [1.807, 2.05) is 0 Å². The molecule has 1 N–H and O–H groups in total. The SMILES string of the molecule is C=CC(=O)Nc1cccnc1Br. The maximum atomic E-state index is 10.9. The lowest BCUT2D eigenvalue weighted by Gasteiger charge is -2.02. The zero-order chi connectivity index (χ0) is 8.97. The Morgan fingerprint density at radius 2 is 2.50 bits per heavy atom. The van der Waals surface area contributed by atoms with Crippen LogP contribution in [0.5, 0.6) is 0 Å². The van der Waals surface area contributed by atoms with Crippen LogP contribution in [0.2, 0.25) is 0 Å². The molecule has 0 aliphatic rings. The van der Waals surface area contributed by atoms with Crippen molar-refractivity contribution >= 4 is 27.5 Å². The van der Waals surface area contributed by atoms with E-state index in [9.17, 15) is 4.79 Å². The first-order valence-corrected chi connectivity index (χ1v) is 4.07. The fourth-order valence-electron chi connectivity index (χ4n) is 0.663. The molecule has 0 fully saturated rings. The second kappa shape index (κ2) is 4.01. The first-order valence-electron chi connectivity index (χ1n) is 3.28. The number of anilines is 1. The van der Waals surface area contributed by atoms with Crippen LogP contribution in [0.15, 0.2) is 35.6 Å². The quantitative estimate of drug-likeness (QED) is 0.619. The highest BCUT2D eigenvalue weighted by Gasteiger charge is 2.00. The van der Waals surface area contributed by atoms with Gasteiger partial charge in [-0.2, -0.15) is 0 Å². The summed E-state index contributed by atoms with van der Waals surface area (Å²) in [5.41, 5.74) is 0.641. The topological polar surface area (TPSA) is 42.0 Å². The van der Waals surface area contributed by atoms with Crippen molar-refractivity contribution in [2.24, 2.45) is 0 Å². The molecule has 4 heteroatoms. The molecule has 62 valence electrons. The summed E-state index contributed by atoms with van der Waals surface area (Å²) >= 11 is 3.19. The lowest BCUT2D eigenvalue weighted by atomic mass is 10.4. The van der Waals surface area contributed by atoms with Gasteiger partial charge in [0.1, 0.15) is 4.60 Å². The fourth-order valence-corrected chi connectivity index (χ4v) is 1.01. The average molecular weight is 227 g/mol. The number of hydrogen-bond acceptors (Lipinski definition) is 2. The van der Waals surface area contributed by atoms with Gasteiger partial charge in [-0.15, -0.1) is 0 Å². The summed E-state index contributed by atoms with van der Waals surface area (Å²) < 4.78 is 0.611. The number of amides is 1. The number of rotatable bonds is 2. The van der Waals surface area contributed by atoms with E-state index in [2.05, 4.69) is 32.8 Å². The lowest BCUT2D eigenvalue weighted by Crippen LogP contribution is -2.07. The van der Waals surface area contributed by atoms with Crippen molar-refractivity contribution in [1.82, 2.24) is 4.98 Å². The first-order chi connectivity index (χ1) is 5.74. The van der Waals surface area contributed by atoms with Gasteiger partial charge in [0, 0.05) is 6.20 Å². The zero-order valence-corrected chi connectivity index (χ0v) is 7.84. The van der Waals surface area contributed by atoms with Gasteiger partial charge < -0.3 is 5.32 Å². The van der Waals surface area contributed by atoms with E-state index in [-0.39, 0.29) is 5.91 Å². The summed E-state index contributed by atoms with van der Waals surface area (Å²) in [7, 11) is 0. The van der Waals surface area contributed by atoms with Crippen LogP contribution in [0.25, 0.3) is 0 Å². The molecule has 0 aromatic carbocycles. The number of hydrogen-bond donors (Lipinski definition) is 1. The minimum atomic E-state index is -0.247. The standard InChI is InChI=1S/C8H7BrN2O/c1-2-7(12)11-6-4-3-5-10-8(6)9/h2-5H,1H2,(H,11,12). The van der Waals surface area contributed by atoms with Crippen molar-refractivity contribution in [3.05, 3.63) is 35.6 Å². The molecule has 0 aliphatic carbocycles. The Kier molecular flexibility index (Phi) is 2.99. The Balaban J connectivity index is 2.82. The minimum absolute atomic E-state index is 0.247. The number of nitrogens with one attached hydrogen (secondary N) is 1. The molecule has 0 bridgehead atoms. The summed E-state index contributed by atoms with van der Waals surface area (Å²) in [4.78, 5) is 14.8. The number of carbonyl (C=O) groups is 1. The zero-order valence-electron chi connectivity index (χ0n) is 6.25. The predicted octanol–water partition coefficient (Wildman–Crippen LogP) is 1.97. The van der Waals surface area contributed by atoms with Crippen LogP contribution in [0.1, 0.15) is 0 Å². The maximum Gasteiger partial charge on any atom is 0.247 e. The number of pyridine rings is 1. The molecule has 1 aromatic heterocycles. The number of aromatic nitrogens is 1. The molecule has 0 unspecified atom stereocenters. The van der Waals surface area contributed by atoms with Gasteiger partial charge in [-0.25, -0.2) is 4.98 Å². The van der Waals surface area contributed by atoms with Crippen LogP contribution in [0.4, 0.5) is 5.69 Å². The molecule has 1 heterocycles. The Hall–Kier alpha value is -1.16. The van der Waals surface area contributed by atoms with Gasteiger partial charge >= 0.3 is 0 Å². The molecular weight excluding hydrogens is 220 g/mol. The predicted molar refractivity (Wildman–Crippen MR) is 50.8 cm³/mol. The largest absolute Gasteiger partial charge is 0.320 e. The Morgan fingerprint density at radius 3 is 3.08 bits per heavy atom. The van der Waals surface area contributed by atoms with Gasteiger partial charge in [-0.05, 0) is 34.1 Å². The van der Waals surface area contributed by atoms with Gasteiger partial charge in [0.05, 0.1) is 5.69 Å². The van der Waals surface area contributed by atoms with Crippen LogP contribution in [0.3, 0.4) is 0 Å². The summed E-state index contributed by atoms with van der Waals surface area (Å²) in [6.45, 7) is 3.34. The number of nitrogens with zero attached hydrogens (tertiary/aromatic N) is 1. The highest BCUT2D eigenvalue weighted by atomic mass is 79.9. The van der Waals surface area contributed by atoms with Crippen molar-refractivity contribution in [2.45, 2.75) is 0 Å². The highest BCUT2D eigenvalue weighted by molar-refractivity contribution is 9.10. The van der Waals surface area contributed by atoms with E-state index >= 15 is 0 Å². The molecule has 0 spiro atoms. The van der Waals surface area contributed by atoms with Crippen LogP contribution in [-0.2, 0) is 4.79 Å². The molecule has 1 rings (SSSR count). The number of halogens is 1. The average Bonchev–Trinajstić information content (AvgIpc) is 2.09. The third kappa shape index (κ3) is 2.17. The third-order valence-electron chi connectivity index (χ3n) is 1.20. The first kappa shape index (κ1) is 8.93. The van der Waals surface area contributed by atoms with E-state index in [0.29, 0.717) is 10.3 Å². The van der Waals surface area contributed by atoms with Crippen LogP contribution in [0, 0.1) is 0 Å². The van der Waals surface area contributed by atoms with Crippen molar-refractivity contribution in [3.8, 4) is 0 Å². The molecule has 12 heavy (non-hydrogen) atoms. The van der Waals surface area contributed by atoms with E-state index in [0.717, 1.165) is 0 Å². The Labute approximate surface area is 78.6 Å². The second-order valence-electron chi connectivity index (χ2n) is 2.04. The fraction of sp³-hybridized carbons (Fsp3) is 0. The molecule has 0 saturated heterocycles. The van der Waals surface area contributed by atoms with Crippen LogP contribution in [-0.4, -0.2) is 10.9 Å². The van der Waals surface area contributed by atoms with Gasteiger partial charge in [0.15, 0.2) is 0 Å². The summed E-state index contributed by atoms with van der Waals surface area (Å²) in [6.07, 6.45) is 2.84. The van der Waals surface area contributed by atoms with Gasteiger partial charge in [-0.3, -0.25) is 4.79 Å². The molecule has 3 nitrogen and oxygen atoms in total. The smallest absolute Gasteiger partial charge is 0.247 e. The van der Waals surface area contributed by atoms with Crippen molar-refractivity contribution in [3.63, 3.8) is 0 Å². The molecular formula is C8H7BrN2O. The van der Waals surface area contributed by atoms with Gasteiger partial charge in [-0.1, -0.05) is 6.58 Å². The molecule has 0 aliphatic heterocycles. The summed E-state index contributed by atoms with van der Waals surface area (Å²) in [6, 6.07) is 3.49. The van der Waals surface area contributed by atoms with E-state index in [1.54, 1.807) is 18.3 Å². The Morgan fingerprint density at radius 1 is 1.75 bits per heavy atom. The lowest BCUT2D eigenvalue weighted by molar-refractivity contribution is -0.111. The third-order valence-corrected chi connectivity index (χ3v) is 1.83. The highest BCUT2D eigenvalue weighted by Crippen LogP contribution is 2.17. The maximum absolute atomic E-state index is 10.9.